The second-order valence-corrected chi connectivity index (χ2v) is 11.2. The number of hydrogen-bond acceptors (Lipinski definition) is 9. The Morgan fingerprint density at radius 3 is 1.79 bits per heavy atom. The summed E-state index contributed by atoms with van der Waals surface area (Å²) >= 11 is 0. The Kier molecular flexibility index (Phi) is 10.5. The van der Waals surface area contributed by atoms with Crippen molar-refractivity contribution in [1.29, 1.82) is 10.5 Å². The third-order valence-electron chi connectivity index (χ3n) is 7.32. The molecule has 2 aromatic carbocycles. The molecule has 0 amide bonds. The van der Waals surface area contributed by atoms with Gasteiger partial charge in [-0.05, 0) is 87.4 Å². The Hall–Kier alpha value is -4.60. The summed E-state index contributed by atoms with van der Waals surface area (Å²) in [5.41, 5.74) is 1.32. The number of carbonyl (C=O) groups excluding carboxylic acids is 2. The maximum absolute atomic E-state index is 12.7. The maximum atomic E-state index is 12.7. The van der Waals surface area contributed by atoms with E-state index in [0.717, 1.165) is 0 Å². The molecule has 0 unspecified atom stereocenters. The van der Waals surface area contributed by atoms with Crippen molar-refractivity contribution < 1.29 is 28.5 Å². The van der Waals surface area contributed by atoms with Gasteiger partial charge in [0.05, 0.1) is 37.5 Å². The van der Waals surface area contributed by atoms with Gasteiger partial charge in [0.25, 0.3) is 0 Å². The minimum absolute atomic E-state index is 0.181. The highest BCUT2D eigenvalue weighted by molar-refractivity contribution is 5.88. The number of nitriles is 2. The molecule has 2 aromatic rings. The lowest BCUT2D eigenvalue weighted by Crippen LogP contribution is -2.63. The average Bonchev–Trinajstić information content (AvgIpc) is 2.95. The Bertz CT molecular complexity index is 1430. The summed E-state index contributed by atoms with van der Waals surface area (Å²) in [6, 6.07) is 14.3. The van der Waals surface area contributed by atoms with Crippen LogP contribution in [-0.4, -0.2) is 61.4 Å². The highest BCUT2D eigenvalue weighted by Gasteiger charge is 2.46. The predicted molar refractivity (Wildman–Crippen MR) is 158 cm³/mol. The second-order valence-electron chi connectivity index (χ2n) is 11.2. The van der Waals surface area contributed by atoms with Crippen LogP contribution in [0, 0.1) is 22.7 Å². The van der Waals surface area contributed by atoms with Crippen molar-refractivity contribution in [1.82, 2.24) is 4.90 Å². The fourth-order valence-corrected chi connectivity index (χ4v) is 5.53. The smallest absolute Gasteiger partial charge is 0.331 e. The molecule has 0 bridgehead atoms. The lowest BCUT2D eigenvalue weighted by molar-refractivity contribution is -0.157. The highest BCUT2D eigenvalue weighted by Crippen LogP contribution is 2.39. The molecule has 9 nitrogen and oxygen atoms in total. The molecule has 0 spiro atoms. The molecular formula is C33H37N3O6. The van der Waals surface area contributed by atoms with Crippen LogP contribution in [0.15, 0.2) is 48.6 Å². The normalized spacial score (nSPS) is 16.5. The summed E-state index contributed by atoms with van der Waals surface area (Å²) in [5.74, 6) is 0.153. The molecule has 1 aliphatic rings. The van der Waals surface area contributed by atoms with Gasteiger partial charge in [-0.25, -0.2) is 9.59 Å². The van der Waals surface area contributed by atoms with E-state index in [1.807, 2.05) is 0 Å². The van der Waals surface area contributed by atoms with Crippen molar-refractivity contribution >= 4 is 24.1 Å². The van der Waals surface area contributed by atoms with E-state index in [0.29, 0.717) is 53.1 Å². The highest BCUT2D eigenvalue weighted by atomic mass is 16.5. The summed E-state index contributed by atoms with van der Waals surface area (Å²) in [7, 11) is 3.05. The first-order valence-corrected chi connectivity index (χ1v) is 13.6. The quantitative estimate of drug-likeness (QED) is 0.277. The molecule has 0 N–H and O–H groups in total. The van der Waals surface area contributed by atoms with Crippen LogP contribution >= 0.6 is 0 Å². The molecule has 3 rings (SSSR count). The van der Waals surface area contributed by atoms with Gasteiger partial charge in [0, 0.05) is 42.6 Å². The van der Waals surface area contributed by atoms with Crippen LogP contribution in [0.5, 0.6) is 11.5 Å². The summed E-state index contributed by atoms with van der Waals surface area (Å²) in [6.07, 6.45) is 6.67. The number of benzene rings is 2. The van der Waals surface area contributed by atoms with E-state index in [-0.39, 0.29) is 23.8 Å². The first-order chi connectivity index (χ1) is 19.9. The number of hydrogen-bond donors (Lipinski definition) is 0. The fraction of sp³-hybridized carbons (Fsp3) is 0.394. The molecule has 1 saturated heterocycles. The molecule has 0 aliphatic carbocycles. The van der Waals surface area contributed by atoms with E-state index in [9.17, 15) is 20.1 Å². The lowest BCUT2D eigenvalue weighted by Gasteiger charge is -2.54. The molecule has 1 heterocycles. The molecule has 0 radical (unpaired) electrons. The van der Waals surface area contributed by atoms with Gasteiger partial charge < -0.3 is 18.9 Å². The van der Waals surface area contributed by atoms with Crippen LogP contribution in [0.25, 0.3) is 12.2 Å². The summed E-state index contributed by atoms with van der Waals surface area (Å²) in [5, 5.41) is 18.8. The Labute approximate surface area is 247 Å². The summed E-state index contributed by atoms with van der Waals surface area (Å²) in [6.45, 7) is 9.00. The zero-order valence-electron chi connectivity index (χ0n) is 25.0. The van der Waals surface area contributed by atoms with Gasteiger partial charge in [0.1, 0.15) is 24.2 Å². The average molecular weight is 572 g/mol. The largest absolute Gasteiger partial charge is 0.497 e. The summed E-state index contributed by atoms with van der Waals surface area (Å²) < 4.78 is 21.6. The van der Waals surface area contributed by atoms with Crippen LogP contribution in [0.3, 0.4) is 0 Å². The third-order valence-corrected chi connectivity index (χ3v) is 7.32. The van der Waals surface area contributed by atoms with Crippen molar-refractivity contribution in [3.63, 3.8) is 0 Å². The fourth-order valence-electron chi connectivity index (χ4n) is 5.53. The number of esters is 2. The van der Waals surface area contributed by atoms with Gasteiger partial charge in [0.2, 0.25) is 0 Å². The van der Waals surface area contributed by atoms with Crippen LogP contribution in [-0.2, 0) is 19.1 Å². The molecule has 1 fully saturated rings. The van der Waals surface area contributed by atoms with Gasteiger partial charge in [0.15, 0.2) is 0 Å². The Morgan fingerprint density at radius 2 is 1.33 bits per heavy atom. The Balaban J connectivity index is 1.56. The first kappa shape index (κ1) is 31.9. The number of likely N-dealkylation sites (tertiary alicyclic amines) is 1. The minimum atomic E-state index is -0.502. The van der Waals surface area contributed by atoms with Gasteiger partial charge in [-0.3, -0.25) is 4.90 Å². The molecular weight excluding hydrogens is 534 g/mol. The van der Waals surface area contributed by atoms with Crippen molar-refractivity contribution in [2.75, 3.05) is 27.4 Å². The van der Waals surface area contributed by atoms with Crippen molar-refractivity contribution in [3.8, 4) is 23.6 Å². The van der Waals surface area contributed by atoms with Gasteiger partial charge in [-0.15, -0.1) is 0 Å². The SMILES string of the molecule is COc1ccc(/C=C/C(=O)OCCN2C(C)(C)CC(OC(=O)/C=C/c3ccc(OC)cc3C#N)CC2(C)C)c(C#N)c1. The molecule has 42 heavy (non-hydrogen) atoms. The number of nitrogens with zero attached hydrogens (tertiary/aromatic N) is 3. The van der Waals surface area contributed by atoms with E-state index in [1.54, 1.807) is 48.6 Å². The van der Waals surface area contributed by atoms with Crippen LogP contribution in [0.4, 0.5) is 0 Å². The Morgan fingerprint density at radius 1 is 0.857 bits per heavy atom. The lowest BCUT2D eigenvalue weighted by atomic mass is 9.78. The molecule has 0 aromatic heterocycles. The molecule has 9 heteroatoms. The van der Waals surface area contributed by atoms with Crippen molar-refractivity contribution in [3.05, 3.63) is 70.8 Å². The van der Waals surface area contributed by atoms with Crippen molar-refractivity contribution in [2.24, 2.45) is 0 Å². The third kappa shape index (κ3) is 8.22. The second kappa shape index (κ2) is 13.8. The molecule has 1 aliphatic heterocycles. The van der Waals surface area contributed by atoms with Crippen LogP contribution < -0.4 is 9.47 Å². The number of methoxy groups -OCH3 is 2. The van der Waals surface area contributed by atoms with E-state index in [2.05, 4.69) is 44.7 Å². The summed E-state index contributed by atoms with van der Waals surface area (Å²) in [4.78, 5) is 27.3. The van der Waals surface area contributed by atoms with Gasteiger partial charge in [-0.1, -0.05) is 0 Å². The van der Waals surface area contributed by atoms with Crippen LogP contribution in [0.1, 0.15) is 62.8 Å². The zero-order chi connectivity index (χ0) is 30.9. The molecule has 220 valence electrons. The molecule has 0 saturated carbocycles. The maximum Gasteiger partial charge on any atom is 0.331 e. The van der Waals surface area contributed by atoms with Gasteiger partial charge >= 0.3 is 11.9 Å². The topological polar surface area (TPSA) is 122 Å². The number of carbonyl (C=O) groups is 2. The molecule has 0 atom stereocenters. The number of ether oxygens (including phenoxy) is 4. The standard InChI is InChI=1S/C33H37N3O6/c1-32(2)19-29(42-31(38)14-10-24-8-12-28(40-6)18-26(24)22-35)20-33(3,4)36(32)15-16-41-30(37)13-9-23-7-11-27(39-5)17-25(23)21-34/h7-14,17-18,29H,15-16,19-20H2,1-6H3/b13-9+,14-10+. The van der Waals surface area contributed by atoms with E-state index >= 15 is 0 Å². The van der Waals surface area contributed by atoms with Crippen LogP contribution in [0.2, 0.25) is 0 Å². The first-order valence-electron chi connectivity index (χ1n) is 13.6. The van der Waals surface area contributed by atoms with Crippen molar-refractivity contribution in [2.45, 2.75) is 57.7 Å². The minimum Gasteiger partial charge on any atom is -0.497 e. The van der Waals surface area contributed by atoms with Gasteiger partial charge in [-0.2, -0.15) is 10.5 Å². The predicted octanol–water partition coefficient (Wildman–Crippen LogP) is 5.28. The number of piperidine rings is 1. The zero-order valence-corrected chi connectivity index (χ0v) is 25.0. The van der Waals surface area contributed by atoms with E-state index < -0.39 is 11.9 Å². The monoisotopic (exact) mass is 571 g/mol. The van der Waals surface area contributed by atoms with E-state index in [1.165, 1.54) is 26.4 Å². The van der Waals surface area contributed by atoms with E-state index in [4.69, 9.17) is 18.9 Å². The number of rotatable bonds is 10.